The van der Waals surface area contributed by atoms with Crippen LogP contribution in [0, 0.1) is 17.3 Å². The van der Waals surface area contributed by atoms with Crippen LogP contribution in [-0.2, 0) is 0 Å². The molecule has 0 radical (unpaired) electrons. The molecule has 15 heavy (non-hydrogen) atoms. The van der Waals surface area contributed by atoms with E-state index in [1.54, 1.807) is 0 Å². The number of likely N-dealkylation sites (tertiary alicyclic amines) is 1. The Morgan fingerprint density at radius 3 is 2.27 bits per heavy atom. The van der Waals surface area contributed by atoms with E-state index in [0.29, 0.717) is 5.41 Å². The predicted octanol–water partition coefficient (Wildman–Crippen LogP) is 2.09. The molecule has 2 N–H and O–H groups in total. The maximum atomic E-state index is 5.70. The molecule has 1 saturated carbocycles. The Kier molecular flexibility index (Phi) is 3.36. The zero-order chi connectivity index (χ0) is 10.9. The van der Waals surface area contributed by atoms with Gasteiger partial charge in [-0.25, -0.2) is 0 Å². The Balaban J connectivity index is 1.83. The van der Waals surface area contributed by atoms with Gasteiger partial charge in [-0.2, -0.15) is 0 Å². The van der Waals surface area contributed by atoms with Gasteiger partial charge in [0.2, 0.25) is 0 Å². The summed E-state index contributed by atoms with van der Waals surface area (Å²) in [4.78, 5) is 2.70. The summed E-state index contributed by atoms with van der Waals surface area (Å²) in [6.07, 6.45) is 5.50. The number of piperidine rings is 1. The molecule has 88 valence electrons. The first kappa shape index (κ1) is 11.4. The summed E-state index contributed by atoms with van der Waals surface area (Å²) in [6, 6.07) is 0. The van der Waals surface area contributed by atoms with Crippen molar-refractivity contribution in [3.8, 4) is 0 Å². The number of rotatable bonds is 4. The molecular formula is C13H26N2. The summed E-state index contributed by atoms with van der Waals surface area (Å²) < 4.78 is 0. The Morgan fingerprint density at radius 1 is 1.20 bits per heavy atom. The van der Waals surface area contributed by atoms with E-state index in [9.17, 15) is 0 Å². The van der Waals surface area contributed by atoms with Gasteiger partial charge in [0.1, 0.15) is 0 Å². The van der Waals surface area contributed by atoms with Gasteiger partial charge in [-0.3, -0.25) is 0 Å². The molecule has 0 bridgehead atoms. The lowest BCUT2D eigenvalue weighted by atomic mass is 9.90. The average molecular weight is 210 g/mol. The summed E-state index contributed by atoms with van der Waals surface area (Å²) in [5.41, 5.74) is 6.33. The number of nitrogens with two attached hydrogens (primary N) is 1. The number of hydrogen-bond acceptors (Lipinski definition) is 2. The second-order valence-corrected chi connectivity index (χ2v) is 6.18. The maximum Gasteiger partial charge on any atom is 0.00387 e. The molecule has 2 heteroatoms. The maximum absolute atomic E-state index is 5.70. The van der Waals surface area contributed by atoms with Crippen LogP contribution in [0.1, 0.15) is 39.5 Å². The van der Waals surface area contributed by atoms with E-state index in [4.69, 9.17) is 5.73 Å². The van der Waals surface area contributed by atoms with Gasteiger partial charge in [0.15, 0.2) is 0 Å². The molecule has 0 aromatic rings. The van der Waals surface area contributed by atoms with Crippen LogP contribution in [0.2, 0.25) is 0 Å². The molecule has 2 rings (SSSR count). The van der Waals surface area contributed by atoms with E-state index < -0.39 is 0 Å². The highest BCUT2D eigenvalue weighted by Crippen LogP contribution is 2.49. The van der Waals surface area contributed by atoms with Crippen molar-refractivity contribution in [1.82, 2.24) is 4.90 Å². The first-order valence-corrected chi connectivity index (χ1v) is 6.56. The fourth-order valence-electron chi connectivity index (χ4n) is 3.37. The normalized spacial score (nSPS) is 35.4. The summed E-state index contributed by atoms with van der Waals surface area (Å²) >= 11 is 0. The lowest BCUT2D eigenvalue weighted by Gasteiger charge is -2.37. The monoisotopic (exact) mass is 210 g/mol. The highest BCUT2D eigenvalue weighted by atomic mass is 15.1. The average Bonchev–Trinajstić information content (AvgIpc) is 2.83. The van der Waals surface area contributed by atoms with Crippen LogP contribution in [0.4, 0.5) is 0 Å². The van der Waals surface area contributed by atoms with Crippen LogP contribution in [0.5, 0.6) is 0 Å². The molecule has 1 aliphatic heterocycles. The molecule has 2 atom stereocenters. The van der Waals surface area contributed by atoms with E-state index >= 15 is 0 Å². The van der Waals surface area contributed by atoms with E-state index in [1.165, 1.54) is 45.3 Å². The minimum atomic E-state index is 0.630. The van der Waals surface area contributed by atoms with Gasteiger partial charge in [-0.15, -0.1) is 0 Å². The van der Waals surface area contributed by atoms with Crippen LogP contribution in [0.25, 0.3) is 0 Å². The third-order valence-electron chi connectivity index (χ3n) is 4.14. The highest BCUT2D eigenvalue weighted by Gasteiger charge is 2.43. The van der Waals surface area contributed by atoms with Crippen LogP contribution < -0.4 is 5.73 Å². The summed E-state index contributed by atoms with van der Waals surface area (Å²) in [6.45, 7) is 9.61. The summed E-state index contributed by atoms with van der Waals surface area (Å²) in [5.74, 6) is 1.78. The molecule has 1 aliphatic carbocycles. The van der Waals surface area contributed by atoms with Gasteiger partial charge in [-0.05, 0) is 49.5 Å². The highest BCUT2D eigenvalue weighted by molar-refractivity contribution is 4.96. The van der Waals surface area contributed by atoms with Gasteiger partial charge >= 0.3 is 0 Å². The molecule has 2 nitrogen and oxygen atoms in total. The van der Waals surface area contributed by atoms with Gasteiger partial charge in [0, 0.05) is 19.6 Å². The first-order chi connectivity index (χ1) is 7.13. The predicted molar refractivity (Wildman–Crippen MR) is 64.7 cm³/mol. The molecule has 0 spiro atoms. The molecular weight excluding hydrogens is 184 g/mol. The van der Waals surface area contributed by atoms with Crippen LogP contribution in [0.15, 0.2) is 0 Å². The smallest absolute Gasteiger partial charge is 0.00387 e. The number of nitrogens with zero attached hydrogens (tertiary/aromatic N) is 1. The summed E-state index contributed by atoms with van der Waals surface area (Å²) in [7, 11) is 0. The lowest BCUT2D eigenvalue weighted by Crippen LogP contribution is -2.42. The fourth-order valence-corrected chi connectivity index (χ4v) is 3.37. The van der Waals surface area contributed by atoms with Crippen molar-refractivity contribution in [3.05, 3.63) is 0 Å². The van der Waals surface area contributed by atoms with Crippen molar-refractivity contribution in [2.24, 2.45) is 23.0 Å². The van der Waals surface area contributed by atoms with E-state index in [2.05, 4.69) is 18.7 Å². The Labute approximate surface area is 94.2 Å². The molecule has 0 amide bonds. The molecule has 0 aromatic heterocycles. The van der Waals surface area contributed by atoms with E-state index in [1.807, 2.05) is 0 Å². The zero-order valence-electron chi connectivity index (χ0n) is 10.3. The van der Waals surface area contributed by atoms with Crippen molar-refractivity contribution in [2.45, 2.75) is 39.5 Å². The molecule has 2 fully saturated rings. The van der Waals surface area contributed by atoms with E-state index in [-0.39, 0.29) is 0 Å². The van der Waals surface area contributed by atoms with Gasteiger partial charge in [0.05, 0.1) is 0 Å². The number of hydrogen-bond donors (Lipinski definition) is 1. The van der Waals surface area contributed by atoms with Gasteiger partial charge in [-0.1, -0.05) is 13.8 Å². The molecule has 0 aromatic carbocycles. The second-order valence-electron chi connectivity index (χ2n) is 6.18. The molecule has 2 unspecified atom stereocenters. The van der Waals surface area contributed by atoms with Crippen LogP contribution in [0.3, 0.4) is 0 Å². The van der Waals surface area contributed by atoms with E-state index in [0.717, 1.165) is 18.4 Å². The Morgan fingerprint density at radius 2 is 1.80 bits per heavy atom. The molecule has 2 aliphatic rings. The largest absolute Gasteiger partial charge is 0.330 e. The van der Waals surface area contributed by atoms with Crippen molar-refractivity contribution >= 4 is 0 Å². The van der Waals surface area contributed by atoms with Crippen molar-refractivity contribution in [1.29, 1.82) is 0 Å². The zero-order valence-corrected chi connectivity index (χ0v) is 10.3. The van der Waals surface area contributed by atoms with Crippen molar-refractivity contribution < 1.29 is 0 Å². The first-order valence-electron chi connectivity index (χ1n) is 6.56. The van der Waals surface area contributed by atoms with Crippen molar-refractivity contribution in [2.75, 3.05) is 26.2 Å². The van der Waals surface area contributed by atoms with Gasteiger partial charge in [0.25, 0.3) is 0 Å². The second kappa shape index (κ2) is 4.42. The SMILES string of the molecule is CC1CC(C)CN(CC2(CCN)CC2)C1. The fraction of sp³-hybridized carbons (Fsp3) is 1.00. The standard InChI is InChI=1S/C13H26N2/c1-11-7-12(2)9-15(8-11)10-13(3-4-13)5-6-14/h11-12H,3-10,14H2,1-2H3. The lowest BCUT2D eigenvalue weighted by molar-refractivity contribution is 0.114. The quantitative estimate of drug-likeness (QED) is 0.770. The minimum Gasteiger partial charge on any atom is -0.330 e. The minimum absolute atomic E-state index is 0.630. The topological polar surface area (TPSA) is 29.3 Å². The van der Waals surface area contributed by atoms with Crippen LogP contribution >= 0.6 is 0 Å². The summed E-state index contributed by atoms with van der Waals surface area (Å²) in [5, 5.41) is 0. The van der Waals surface area contributed by atoms with Crippen molar-refractivity contribution in [3.63, 3.8) is 0 Å². The Hall–Kier alpha value is -0.0800. The van der Waals surface area contributed by atoms with Crippen LogP contribution in [-0.4, -0.2) is 31.1 Å². The third-order valence-corrected chi connectivity index (χ3v) is 4.14. The third kappa shape index (κ3) is 2.94. The Bertz CT molecular complexity index is 201. The molecule has 1 heterocycles. The molecule has 1 saturated heterocycles. The van der Waals surface area contributed by atoms with Gasteiger partial charge < -0.3 is 10.6 Å².